The third-order valence-corrected chi connectivity index (χ3v) is 5.69. The number of nitrogens with zero attached hydrogens (tertiary/aromatic N) is 2. The van der Waals surface area contributed by atoms with Gasteiger partial charge in [0.25, 0.3) is 5.91 Å². The van der Waals surface area contributed by atoms with Crippen LogP contribution in [-0.4, -0.2) is 34.9 Å². The van der Waals surface area contributed by atoms with Gasteiger partial charge in [-0.25, -0.2) is 4.98 Å². The highest BCUT2D eigenvalue weighted by Gasteiger charge is 2.36. The summed E-state index contributed by atoms with van der Waals surface area (Å²) in [7, 11) is 0. The number of nitrogens with two attached hydrogens (primary N) is 1. The van der Waals surface area contributed by atoms with E-state index in [9.17, 15) is 4.79 Å². The van der Waals surface area contributed by atoms with Crippen molar-refractivity contribution in [3.05, 3.63) is 41.0 Å². The van der Waals surface area contributed by atoms with Gasteiger partial charge in [-0.2, -0.15) is 0 Å². The van der Waals surface area contributed by atoms with Crippen LogP contribution in [0.2, 0.25) is 0 Å². The molecule has 0 bridgehead atoms. The van der Waals surface area contributed by atoms with E-state index in [1.807, 2.05) is 23.1 Å². The molecule has 2 aliphatic carbocycles. The minimum atomic E-state index is 0.0555. The van der Waals surface area contributed by atoms with E-state index in [4.69, 9.17) is 10.7 Å². The number of carbonyl (C=O) groups excluding carboxylic acids is 1. The predicted octanol–water partition coefficient (Wildman–Crippen LogP) is 3.25. The van der Waals surface area contributed by atoms with Gasteiger partial charge in [0.05, 0.1) is 9.88 Å². The first-order valence-corrected chi connectivity index (χ1v) is 9.16. The fraction of sp³-hybridized carbons (Fsp3) is 0.444. The molecule has 1 aromatic heterocycles. The van der Waals surface area contributed by atoms with Gasteiger partial charge in [-0.3, -0.25) is 4.79 Å². The Morgan fingerprint density at radius 3 is 2.57 bits per heavy atom. The maximum atomic E-state index is 13.1. The molecule has 4 rings (SSSR count). The summed E-state index contributed by atoms with van der Waals surface area (Å²) >= 11 is 1.69. The van der Waals surface area contributed by atoms with E-state index < -0.39 is 0 Å². The van der Waals surface area contributed by atoms with Gasteiger partial charge >= 0.3 is 0 Å². The van der Waals surface area contributed by atoms with Gasteiger partial charge in [0.1, 0.15) is 5.69 Å². The zero-order valence-electron chi connectivity index (χ0n) is 13.1. The van der Waals surface area contributed by atoms with Crippen LogP contribution in [0.25, 0.3) is 10.4 Å². The van der Waals surface area contributed by atoms with Gasteiger partial charge in [-0.05, 0) is 31.2 Å². The van der Waals surface area contributed by atoms with Crippen molar-refractivity contribution in [1.82, 2.24) is 9.88 Å². The van der Waals surface area contributed by atoms with Crippen LogP contribution in [0.3, 0.4) is 0 Å². The van der Waals surface area contributed by atoms with E-state index in [0.717, 1.165) is 28.3 Å². The number of thiazole rings is 1. The molecule has 1 amide bonds. The number of hydrogen-bond acceptors (Lipinski definition) is 4. The molecule has 2 N–H and O–H groups in total. The van der Waals surface area contributed by atoms with Crippen LogP contribution in [0.1, 0.15) is 47.1 Å². The van der Waals surface area contributed by atoms with Crippen molar-refractivity contribution in [1.29, 1.82) is 0 Å². The second-order valence-electron chi connectivity index (χ2n) is 6.39. The number of rotatable bonds is 6. The van der Waals surface area contributed by atoms with Crippen molar-refractivity contribution >= 4 is 17.2 Å². The highest BCUT2D eigenvalue weighted by molar-refractivity contribution is 7.15. The van der Waals surface area contributed by atoms with Gasteiger partial charge in [0.15, 0.2) is 0 Å². The summed E-state index contributed by atoms with van der Waals surface area (Å²) in [6, 6.07) is 10.5. The van der Waals surface area contributed by atoms with E-state index in [1.54, 1.807) is 11.3 Å². The third kappa shape index (κ3) is 3.03. The average Bonchev–Trinajstić information content (AvgIpc) is 3.50. The van der Waals surface area contributed by atoms with Gasteiger partial charge in [0.2, 0.25) is 0 Å². The first-order chi connectivity index (χ1) is 11.3. The van der Waals surface area contributed by atoms with Crippen LogP contribution < -0.4 is 5.73 Å². The fourth-order valence-electron chi connectivity index (χ4n) is 2.88. The molecule has 1 aromatic carbocycles. The number of aromatic nitrogens is 1. The Morgan fingerprint density at radius 1 is 1.22 bits per heavy atom. The monoisotopic (exact) mass is 327 g/mol. The Morgan fingerprint density at radius 2 is 1.96 bits per heavy atom. The van der Waals surface area contributed by atoms with E-state index in [1.165, 1.54) is 12.8 Å². The smallest absolute Gasteiger partial charge is 0.274 e. The molecule has 0 spiro atoms. The number of benzene rings is 1. The molecule has 120 valence electrons. The van der Waals surface area contributed by atoms with Crippen molar-refractivity contribution in [3.63, 3.8) is 0 Å². The van der Waals surface area contributed by atoms with Gasteiger partial charge in [0, 0.05) is 25.0 Å². The van der Waals surface area contributed by atoms with Crippen LogP contribution in [0, 0.1) is 0 Å². The van der Waals surface area contributed by atoms with E-state index >= 15 is 0 Å². The maximum Gasteiger partial charge on any atom is 0.274 e. The fourth-order valence-corrected chi connectivity index (χ4v) is 4.11. The van der Waals surface area contributed by atoms with Crippen LogP contribution in [-0.2, 0) is 0 Å². The number of hydrogen-bond donors (Lipinski definition) is 1. The lowest BCUT2D eigenvalue weighted by Gasteiger charge is -2.21. The molecular formula is C18H21N3OS. The summed E-state index contributed by atoms with van der Waals surface area (Å²) < 4.78 is 0. The lowest BCUT2D eigenvalue weighted by Crippen LogP contribution is -2.37. The topological polar surface area (TPSA) is 59.2 Å². The van der Waals surface area contributed by atoms with Crippen LogP contribution >= 0.6 is 11.3 Å². The number of carbonyl (C=O) groups is 1. The second-order valence-corrected chi connectivity index (χ2v) is 7.42. The summed E-state index contributed by atoms with van der Waals surface area (Å²) in [6.07, 6.45) is 4.58. The van der Waals surface area contributed by atoms with E-state index in [0.29, 0.717) is 30.7 Å². The molecule has 4 nitrogen and oxygen atoms in total. The van der Waals surface area contributed by atoms with Crippen molar-refractivity contribution in [2.45, 2.75) is 37.6 Å². The SMILES string of the molecule is NCCN(C(=O)c1nc(C2CC2)sc1-c1ccccc1)C1CC1. The number of amides is 1. The molecule has 0 saturated heterocycles. The summed E-state index contributed by atoms with van der Waals surface area (Å²) in [5.74, 6) is 0.618. The molecule has 0 aliphatic heterocycles. The molecule has 23 heavy (non-hydrogen) atoms. The Bertz CT molecular complexity index is 704. The molecular weight excluding hydrogens is 306 g/mol. The quantitative estimate of drug-likeness (QED) is 0.886. The standard InChI is InChI=1S/C18H21N3OS/c19-10-11-21(14-8-9-14)18(22)15-16(12-4-2-1-3-5-12)23-17(20-15)13-6-7-13/h1-5,13-14H,6-11,19H2. The Hall–Kier alpha value is -1.72. The van der Waals surface area contributed by atoms with Gasteiger partial charge in [-0.15, -0.1) is 11.3 Å². The maximum absolute atomic E-state index is 13.1. The molecule has 0 atom stereocenters. The van der Waals surface area contributed by atoms with Gasteiger partial charge in [-0.1, -0.05) is 30.3 Å². The minimum Gasteiger partial charge on any atom is -0.333 e. The highest BCUT2D eigenvalue weighted by Crippen LogP contribution is 2.45. The largest absolute Gasteiger partial charge is 0.333 e. The normalized spacial score (nSPS) is 17.3. The van der Waals surface area contributed by atoms with Crippen molar-refractivity contribution in [2.75, 3.05) is 13.1 Å². The Balaban J connectivity index is 1.72. The molecule has 2 aromatic rings. The second kappa shape index (κ2) is 6.06. The molecule has 0 radical (unpaired) electrons. The zero-order valence-corrected chi connectivity index (χ0v) is 13.9. The Kier molecular flexibility index (Phi) is 3.91. The first-order valence-electron chi connectivity index (χ1n) is 8.35. The molecule has 2 fully saturated rings. The highest BCUT2D eigenvalue weighted by atomic mass is 32.1. The van der Waals surface area contributed by atoms with Crippen LogP contribution in [0.4, 0.5) is 0 Å². The summed E-state index contributed by atoms with van der Waals surface area (Å²) in [4.78, 5) is 20.8. The van der Waals surface area contributed by atoms with E-state index in [-0.39, 0.29) is 5.91 Å². The molecule has 1 heterocycles. The van der Waals surface area contributed by atoms with Crippen molar-refractivity contribution in [3.8, 4) is 10.4 Å². The minimum absolute atomic E-state index is 0.0555. The van der Waals surface area contributed by atoms with Gasteiger partial charge < -0.3 is 10.6 Å². The molecule has 2 aliphatic rings. The van der Waals surface area contributed by atoms with Crippen molar-refractivity contribution in [2.24, 2.45) is 5.73 Å². The summed E-state index contributed by atoms with van der Waals surface area (Å²) in [6.45, 7) is 1.12. The first kappa shape index (κ1) is 14.8. The Labute approximate surface area is 140 Å². The van der Waals surface area contributed by atoms with Crippen molar-refractivity contribution < 1.29 is 4.79 Å². The lowest BCUT2D eigenvalue weighted by atomic mass is 10.1. The zero-order chi connectivity index (χ0) is 15.8. The predicted molar refractivity (Wildman–Crippen MR) is 92.6 cm³/mol. The summed E-state index contributed by atoms with van der Waals surface area (Å²) in [5, 5.41) is 1.12. The van der Waals surface area contributed by atoms with E-state index in [2.05, 4.69) is 12.1 Å². The third-order valence-electron chi connectivity index (χ3n) is 4.43. The molecule has 5 heteroatoms. The average molecular weight is 327 g/mol. The molecule has 2 saturated carbocycles. The lowest BCUT2D eigenvalue weighted by molar-refractivity contribution is 0.0743. The van der Waals surface area contributed by atoms with Crippen LogP contribution in [0.15, 0.2) is 30.3 Å². The summed E-state index contributed by atoms with van der Waals surface area (Å²) in [5.41, 5.74) is 7.43. The molecule has 0 unspecified atom stereocenters. The van der Waals surface area contributed by atoms with Crippen LogP contribution in [0.5, 0.6) is 0 Å².